The summed E-state index contributed by atoms with van der Waals surface area (Å²) < 4.78 is 9.58. The van der Waals surface area contributed by atoms with Crippen LogP contribution in [0.15, 0.2) is 0 Å². The number of esters is 1. The molecule has 1 heterocycles. The fourth-order valence-electron chi connectivity index (χ4n) is 1.85. The summed E-state index contributed by atoms with van der Waals surface area (Å²) in [5, 5.41) is 13.8. The Kier molecular flexibility index (Phi) is 6.78. The molecule has 0 bridgehead atoms. The molecule has 3 N–H and O–H groups in total. The maximum atomic E-state index is 11.6. The van der Waals surface area contributed by atoms with Gasteiger partial charge in [-0.3, -0.25) is 4.79 Å². The molecule has 1 rings (SSSR count). The minimum Gasteiger partial charge on any atom is -0.480 e. The van der Waals surface area contributed by atoms with Gasteiger partial charge in [0.15, 0.2) is 0 Å². The number of amides is 2. The molecule has 0 aromatic carbocycles. The number of methoxy groups -OCH3 is 1. The van der Waals surface area contributed by atoms with Gasteiger partial charge in [0.1, 0.15) is 6.04 Å². The van der Waals surface area contributed by atoms with Gasteiger partial charge in [0.05, 0.1) is 13.5 Å². The van der Waals surface area contributed by atoms with Crippen molar-refractivity contribution in [1.29, 1.82) is 0 Å². The summed E-state index contributed by atoms with van der Waals surface area (Å²) in [4.78, 5) is 33.6. The van der Waals surface area contributed by atoms with Gasteiger partial charge >= 0.3 is 18.0 Å². The molecule has 1 atom stereocenters. The predicted octanol–water partition coefficient (Wildman–Crippen LogP) is -0.271. The van der Waals surface area contributed by atoms with Crippen LogP contribution in [0.4, 0.5) is 4.79 Å². The molecule has 0 unspecified atom stereocenters. The van der Waals surface area contributed by atoms with Crippen LogP contribution in [0.1, 0.15) is 19.3 Å². The molecule has 0 spiro atoms. The summed E-state index contributed by atoms with van der Waals surface area (Å²) >= 11 is 0. The zero-order valence-corrected chi connectivity index (χ0v) is 11.4. The SMILES string of the molecule is COC(=O)C[C@H](NC(=O)NCC1CCOCC1)C(=O)O. The number of carboxylic acid groups (broad SMARTS) is 1. The van der Waals surface area contributed by atoms with Crippen LogP contribution in [-0.2, 0) is 19.1 Å². The standard InChI is InChI=1S/C12H20N2O6/c1-19-10(15)6-9(11(16)17)14-12(18)13-7-8-2-4-20-5-3-8/h8-9H,2-7H2,1H3,(H,16,17)(H2,13,14,18)/t9-/m0/s1. The van der Waals surface area contributed by atoms with Crippen LogP contribution in [0.5, 0.6) is 0 Å². The summed E-state index contributed by atoms with van der Waals surface area (Å²) in [6.45, 7) is 1.81. The first-order valence-electron chi connectivity index (χ1n) is 6.44. The highest BCUT2D eigenvalue weighted by Gasteiger charge is 2.24. The Bertz CT molecular complexity index is 354. The number of carbonyl (C=O) groups excluding carboxylic acids is 2. The molecule has 20 heavy (non-hydrogen) atoms. The molecule has 0 aliphatic carbocycles. The van der Waals surface area contributed by atoms with Crippen LogP contribution in [0.2, 0.25) is 0 Å². The minimum absolute atomic E-state index is 0.332. The molecule has 114 valence electrons. The number of urea groups is 1. The van der Waals surface area contributed by atoms with Gasteiger partial charge in [0.2, 0.25) is 0 Å². The zero-order valence-electron chi connectivity index (χ0n) is 11.4. The van der Waals surface area contributed by atoms with Gasteiger partial charge in [-0.15, -0.1) is 0 Å². The van der Waals surface area contributed by atoms with Gasteiger partial charge in [-0.05, 0) is 18.8 Å². The molecular formula is C12H20N2O6. The molecule has 0 aromatic heterocycles. The van der Waals surface area contributed by atoms with E-state index >= 15 is 0 Å². The number of rotatable bonds is 6. The first kappa shape index (κ1) is 16.2. The fourth-order valence-corrected chi connectivity index (χ4v) is 1.85. The monoisotopic (exact) mass is 288 g/mol. The lowest BCUT2D eigenvalue weighted by atomic mass is 10.0. The Morgan fingerprint density at radius 1 is 1.35 bits per heavy atom. The third-order valence-electron chi connectivity index (χ3n) is 3.09. The van der Waals surface area contributed by atoms with Gasteiger partial charge in [-0.25, -0.2) is 9.59 Å². The van der Waals surface area contributed by atoms with Crippen molar-refractivity contribution < 1.29 is 29.0 Å². The van der Waals surface area contributed by atoms with E-state index in [0.717, 1.165) is 20.0 Å². The second kappa shape index (κ2) is 8.36. The van der Waals surface area contributed by atoms with E-state index in [9.17, 15) is 14.4 Å². The van der Waals surface area contributed by atoms with Crippen molar-refractivity contribution in [3.63, 3.8) is 0 Å². The van der Waals surface area contributed by atoms with Crippen LogP contribution in [-0.4, -0.2) is 56.0 Å². The molecule has 1 aliphatic heterocycles. The van der Waals surface area contributed by atoms with Crippen molar-refractivity contribution in [2.75, 3.05) is 26.9 Å². The van der Waals surface area contributed by atoms with Crippen molar-refractivity contribution in [3.8, 4) is 0 Å². The Morgan fingerprint density at radius 3 is 2.55 bits per heavy atom. The predicted molar refractivity (Wildman–Crippen MR) is 68.1 cm³/mol. The van der Waals surface area contributed by atoms with Crippen molar-refractivity contribution in [3.05, 3.63) is 0 Å². The lowest BCUT2D eigenvalue weighted by molar-refractivity contribution is -0.147. The second-order valence-corrected chi connectivity index (χ2v) is 4.58. The lowest BCUT2D eigenvalue weighted by Gasteiger charge is -2.22. The van der Waals surface area contributed by atoms with Crippen molar-refractivity contribution >= 4 is 18.0 Å². The molecule has 1 aliphatic rings. The van der Waals surface area contributed by atoms with Gasteiger partial charge in [0.25, 0.3) is 0 Å². The molecule has 1 fully saturated rings. The topological polar surface area (TPSA) is 114 Å². The third-order valence-corrected chi connectivity index (χ3v) is 3.09. The molecular weight excluding hydrogens is 268 g/mol. The van der Waals surface area contributed by atoms with E-state index in [4.69, 9.17) is 9.84 Å². The molecule has 1 saturated heterocycles. The van der Waals surface area contributed by atoms with E-state index in [0.29, 0.717) is 25.7 Å². The summed E-state index contributed by atoms with van der Waals surface area (Å²) in [7, 11) is 1.16. The fraction of sp³-hybridized carbons (Fsp3) is 0.750. The number of hydrogen-bond acceptors (Lipinski definition) is 5. The smallest absolute Gasteiger partial charge is 0.326 e. The number of ether oxygens (including phenoxy) is 2. The number of carboxylic acids is 1. The molecule has 2 amide bonds. The number of aliphatic carboxylic acids is 1. The quantitative estimate of drug-likeness (QED) is 0.580. The first-order valence-corrected chi connectivity index (χ1v) is 6.44. The highest BCUT2D eigenvalue weighted by atomic mass is 16.5. The van der Waals surface area contributed by atoms with Crippen LogP contribution >= 0.6 is 0 Å². The van der Waals surface area contributed by atoms with E-state index in [1.165, 1.54) is 0 Å². The lowest BCUT2D eigenvalue weighted by Crippen LogP contribution is -2.48. The summed E-state index contributed by atoms with van der Waals surface area (Å²) in [6, 6.07) is -1.90. The maximum Gasteiger partial charge on any atom is 0.326 e. The van der Waals surface area contributed by atoms with Gasteiger partial charge in [-0.1, -0.05) is 0 Å². The van der Waals surface area contributed by atoms with E-state index in [2.05, 4.69) is 15.4 Å². The van der Waals surface area contributed by atoms with E-state index in [1.807, 2.05) is 0 Å². The van der Waals surface area contributed by atoms with Crippen LogP contribution in [0, 0.1) is 5.92 Å². The summed E-state index contributed by atoms with van der Waals surface area (Å²) in [6.07, 6.45) is 1.33. The highest BCUT2D eigenvalue weighted by molar-refractivity contribution is 5.86. The summed E-state index contributed by atoms with van der Waals surface area (Å²) in [5.74, 6) is -1.64. The number of hydrogen-bond donors (Lipinski definition) is 3. The highest BCUT2D eigenvalue weighted by Crippen LogP contribution is 2.12. The van der Waals surface area contributed by atoms with Gasteiger partial charge in [0, 0.05) is 19.8 Å². The number of carbonyl (C=O) groups is 3. The van der Waals surface area contributed by atoms with E-state index in [-0.39, 0.29) is 0 Å². The van der Waals surface area contributed by atoms with Crippen LogP contribution in [0.3, 0.4) is 0 Å². The van der Waals surface area contributed by atoms with Crippen LogP contribution in [0.25, 0.3) is 0 Å². The van der Waals surface area contributed by atoms with E-state index in [1.54, 1.807) is 0 Å². The summed E-state index contributed by atoms with van der Waals surface area (Å²) in [5.41, 5.74) is 0. The van der Waals surface area contributed by atoms with Crippen molar-refractivity contribution in [2.45, 2.75) is 25.3 Å². The van der Waals surface area contributed by atoms with Crippen molar-refractivity contribution in [1.82, 2.24) is 10.6 Å². The molecule has 0 radical (unpaired) electrons. The van der Waals surface area contributed by atoms with Gasteiger partial charge < -0.3 is 25.2 Å². The Morgan fingerprint density at radius 2 is 2.00 bits per heavy atom. The first-order chi connectivity index (χ1) is 9.52. The Hall–Kier alpha value is -1.83. The molecule has 8 nitrogen and oxygen atoms in total. The minimum atomic E-state index is -1.29. The second-order valence-electron chi connectivity index (χ2n) is 4.58. The normalized spacial score (nSPS) is 17.1. The third kappa shape index (κ3) is 5.87. The molecule has 0 aromatic rings. The zero-order chi connectivity index (χ0) is 15.0. The average Bonchev–Trinajstić information content (AvgIpc) is 2.45. The Labute approximate surface area is 116 Å². The van der Waals surface area contributed by atoms with Gasteiger partial charge in [-0.2, -0.15) is 0 Å². The van der Waals surface area contributed by atoms with Crippen LogP contribution < -0.4 is 10.6 Å². The largest absolute Gasteiger partial charge is 0.480 e. The van der Waals surface area contributed by atoms with Crippen molar-refractivity contribution in [2.24, 2.45) is 5.92 Å². The maximum absolute atomic E-state index is 11.6. The van der Waals surface area contributed by atoms with E-state index < -0.39 is 30.4 Å². The number of nitrogens with one attached hydrogen (secondary N) is 2. The Balaban J connectivity index is 2.33. The molecule has 0 saturated carbocycles. The average molecular weight is 288 g/mol. The molecule has 8 heteroatoms.